The summed E-state index contributed by atoms with van der Waals surface area (Å²) in [6, 6.07) is 3.13. The lowest BCUT2D eigenvalue weighted by atomic mass is 10.2. The molecule has 5 heteroatoms. The number of carbonyl (C=O) groups is 1. The Bertz CT molecular complexity index is 321. The Labute approximate surface area is 87.2 Å². The fraction of sp³-hybridized carbons (Fsp3) is 0.333. The lowest BCUT2D eigenvalue weighted by Crippen LogP contribution is -2.23. The summed E-state index contributed by atoms with van der Waals surface area (Å²) < 4.78 is 0. The van der Waals surface area contributed by atoms with E-state index in [4.69, 9.17) is 16.4 Å². The van der Waals surface area contributed by atoms with E-state index in [0.29, 0.717) is 23.0 Å². The first-order valence-corrected chi connectivity index (χ1v) is 4.57. The van der Waals surface area contributed by atoms with E-state index in [-0.39, 0.29) is 5.91 Å². The predicted molar refractivity (Wildman–Crippen MR) is 53.1 cm³/mol. The molecule has 1 amide bonds. The Hall–Kier alpha value is -1.13. The number of hydrogen-bond acceptors (Lipinski definition) is 3. The molecule has 0 unspecified atom stereocenters. The summed E-state index contributed by atoms with van der Waals surface area (Å²) >= 11 is 5.70. The summed E-state index contributed by atoms with van der Waals surface area (Å²) in [5.74, 6) is -0.320. The van der Waals surface area contributed by atoms with Crippen LogP contribution in [-0.4, -0.2) is 17.5 Å². The van der Waals surface area contributed by atoms with Crippen molar-refractivity contribution >= 4 is 17.5 Å². The van der Waals surface area contributed by atoms with Crippen LogP contribution in [0.3, 0.4) is 0 Å². The number of aryl methyl sites for hydroxylation is 1. The molecule has 1 aromatic heterocycles. The summed E-state index contributed by atoms with van der Waals surface area (Å²) in [5.41, 5.74) is 3.41. The lowest BCUT2D eigenvalue weighted by Gasteiger charge is -2.04. The number of carbonyl (C=O) groups excluding carboxylic acids is 1. The number of hydrogen-bond donors (Lipinski definition) is 1. The Balaban J connectivity index is 2.79. The molecule has 0 aliphatic heterocycles. The molecule has 0 aliphatic carbocycles. The van der Waals surface area contributed by atoms with Gasteiger partial charge in [0.2, 0.25) is 0 Å². The molecule has 4 nitrogen and oxygen atoms in total. The van der Waals surface area contributed by atoms with Crippen LogP contribution in [-0.2, 0) is 4.84 Å². The van der Waals surface area contributed by atoms with Crippen LogP contribution < -0.4 is 5.48 Å². The third-order valence-corrected chi connectivity index (χ3v) is 1.69. The maximum Gasteiger partial charge on any atom is 0.275 e. The monoisotopic (exact) mass is 214 g/mol. The van der Waals surface area contributed by atoms with E-state index in [1.165, 1.54) is 6.07 Å². The van der Waals surface area contributed by atoms with Crippen molar-refractivity contribution in [2.75, 3.05) is 6.61 Å². The first-order chi connectivity index (χ1) is 6.63. The van der Waals surface area contributed by atoms with Crippen molar-refractivity contribution in [1.29, 1.82) is 0 Å². The average Bonchev–Trinajstić information content (AvgIpc) is 2.12. The predicted octanol–water partition coefficient (Wildman–Crippen LogP) is 1.72. The summed E-state index contributed by atoms with van der Waals surface area (Å²) in [7, 11) is 0. The van der Waals surface area contributed by atoms with Gasteiger partial charge >= 0.3 is 0 Å². The minimum Gasteiger partial charge on any atom is -0.274 e. The van der Waals surface area contributed by atoms with Crippen LogP contribution >= 0.6 is 11.6 Å². The van der Waals surface area contributed by atoms with Crippen LogP contribution in [0.4, 0.5) is 0 Å². The van der Waals surface area contributed by atoms with Gasteiger partial charge in [0.15, 0.2) is 0 Å². The Morgan fingerprint density at radius 1 is 1.64 bits per heavy atom. The zero-order chi connectivity index (χ0) is 10.6. The van der Waals surface area contributed by atoms with Crippen molar-refractivity contribution in [2.45, 2.75) is 13.8 Å². The number of aromatic nitrogens is 1. The standard InChI is InChI=1S/C9H11ClN2O2/c1-3-14-12-9(13)7-4-6(2)11-8(10)5-7/h4-5H,3H2,1-2H3,(H,12,13). The number of hydroxylamine groups is 1. The van der Waals surface area contributed by atoms with E-state index in [1.54, 1.807) is 19.9 Å². The van der Waals surface area contributed by atoms with Gasteiger partial charge in [-0.15, -0.1) is 0 Å². The SMILES string of the molecule is CCONC(=O)c1cc(C)nc(Cl)c1. The maximum atomic E-state index is 11.4. The van der Waals surface area contributed by atoms with E-state index < -0.39 is 0 Å². The highest BCUT2D eigenvalue weighted by Gasteiger charge is 2.07. The Morgan fingerprint density at radius 2 is 2.36 bits per heavy atom. The highest BCUT2D eigenvalue weighted by molar-refractivity contribution is 6.29. The molecule has 0 atom stereocenters. The number of nitrogens with zero attached hydrogens (tertiary/aromatic N) is 1. The van der Waals surface area contributed by atoms with Crippen LogP contribution in [0.1, 0.15) is 23.0 Å². The van der Waals surface area contributed by atoms with Gasteiger partial charge in [-0.2, -0.15) is 0 Å². The van der Waals surface area contributed by atoms with Gasteiger partial charge in [-0.1, -0.05) is 11.6 Å². The second kappa shape index (κ2) is 4.93. The van der Waals surface area contributed by atoms with Crippen LogP contribution in [0.15, 0.2) is 12.1 Å². The van der Waals surface area contributed by atoms with Gasteiger partial charge in [0.25, 0.3) is 5.91 Å². The van der Waals surface area contributed by atoms with Crippen LogP contribution in [0.25, 0.3) is 0 Å². The second-order valence-corrected chi connectivity index (χ2v) is 3.07. The third-order valence-electron chi connectivity index (χ3n) is 1.49. The second-order valence-electron chi connectivity index (χ2n) is 2.68. The summed E-state index contributed by atoms with van der Waals surface area (Å²) in [4.78, 5) is 20.1. The quantitative estimate of drug-likeness (QED) is 0.616. The smallest absolute Gasteiger partial charge is 0.274 e. The number of amides is 1. The van der Waals surface area contributed by atoms with Crippen molar-refractivity contribution in [1.82, 2.24) is 10.5 Å². The van der Waals surface area contributed by atoms with Crippen LogP contribution in [0.2, 0.25) is 5.15 Å². The van der Waals surface area contributed by atoms with Crippen molar-refractivity contribution in [3.05, 3.63) is 28.5 Å². The summed E-state index contributed by atoms with van der Waals surface area (Å²) in [6.07, 6.45) is 0. The summed E-state index contributed by atoms with van der Waals surface area (Å²) in [6.45, 7) is 3.97. The fourth-order valence-electron chi connectivity index (χ4n) is 0.956. The molecule has 0 saturated heterocycles. The van der Waals surface area contributed by atoms with E-state index in [9.17, 15) is 4.79 Å². The first-order valence-electron chi connectivity index (χ1n) is 4.19. The van der Waals surface area contributed by atoms with E-state index in [1.807, 2.05) is 0 Å². The lowest BCUT2D eigenvalue weighted by molar-refractivity contribution is 0.0364. The normalized spacial score (nSPS) is 9.93. The van der Waals surface area contributed by atoms with Gasteiger partial charge in [-0.3, -0.25) is 9.63 Å². The van der Waals surface area contributed by atoms with Gasteiger partial charge in [0, 0.05) is 11.3 Å². The zero-order valence-corrected chi connectivity index (χ0v) is 8.76. The molecule has 1 heterocycles. The molecule has 0 aromatic carbocycles. The molecule has 0 saturated carbocycles. The molecule has 14 heavy (non-hydrogen) atoms. The molecular weight excluding hydrogens is 204 g/mol. The topological polar surface area (TPSA) is 51.2 Å². The molecular formula is C9H11ClN2O2. The highest BCUT2D eigenvalue weighted by atomic mass is 35.5. The van der Waals surface area contributed by atoms with Crippen LogP contribution in [0, 0.1) is 6.92 Å². The van der Waals surface area contributed by atoms with Gasteiger partial charge in [-0.05, 0) is 26.0 Å². The van der Waals surface area contributed by atoms with E-state index in [2.05, 4.69) is 10.5 Å². The van der Waals surface area contributed by atoms with Gasteiger partial charge in [-0.25, -0.2) is 10.5 Å². The average molecular weight is 215 g/mol. The minimum atomic E-state index is -0.320. The number of halogens is 1. The van der Waals surface area contributed by atoms with E-state index in [0.717, 1.165) is 0 Å². The van der Waals surface area contributed by atoms with Crippen molar-refractivity contribution < 1.29 is 9.63 Å². The number of nitrogens with one attached hydrogen (secondary N) is 1. The molecule has 0 radical (unpaired) electrons. The number of rotatable bonds is 3. The fourth-order valence-corrected chi connectivity index (χ4v) is 1.21. The van der Waals surface area contributed by atoms with Crippen molar-refractivity contribution in [3.8, 4) is 0 Å². The molecule has 1 N–H and O–H groups in total. The molecule has 76 valence electrons. The minimum absolute atomic E-state index is 0.298. The Kier molecular flexibility index (Phi) is 3.85. The largest absolute Gasteiger partial charge is 0.275 e. The molecule has 0 bridgehead atoms. The third kappa shape index (κ3) is 2.97. The molecule has 1 rings (SSSR count). The van der Waals surface area contributed by atoms with Crippen molar-refractivity contribution in [2.24, 2.45) is 0 Å². The maximum absolute atomic E-state index is 11.4. The van der Waals surface area contributed by atoms with Gasteiger partial charge < -0.3 is 0 Å². The zero-order valence-electron chi connectivity index (χ0n) is 8.00. The van der Waals surface area contributed by atoms with Gasteiger partial charge in [0.05, 0.1) is 6.61 Å². The van der Waals surface area contributed by atoms with Gasteiger partial charge in [0.1, 0.15) is 5.15 Å². The number of pyridine rings is 1. The highest BCUT2D eigenvalue weighted by Crippen LogP contribution is 2.09. The molecule has 0 fully saturated rings. The Morgan fingerprint density at radius 3 is 2.93 bits per heavy atom. The van der Waals surface area contributed by atoms with Crippen molar-refractivity contribution in [3.63, 3.8) is 0 Å². The van der Waals surface area contributed by atoms with Crippen LogP contribution in [0.5, 0.6) is 0 Å². The van der Waals surface area contributed by atoms with E-state index >= 15 is 0 Å². The molecule has 0 spiro atoms. The summed E-state index contributed by atoms with van der Waals surface area (Å²) in [5, 5.41) is 0.298. The molecule has 1 aromatic rings. The first kappa shape index (κ1) is 10.9. The molecule has 0 aliphatic rings.